The fourth-order valence-electron chi connectivity index (χ4n) is 4.62. The van der Waals surface area contributed by atoms with E-state index in [1.54, 1.807) is 18.5 Å². The number of alkyl halides is 3. The minimum atomic E-state index is -4.54. The van der Waals surface area contributed by atoms with Gasteiger partial charge in [0.1, 0.15) is 0 Å². The molecule has 1 amide bonds. The van der Waals surface area contributed by atoms with Crippen LogP contribution in [0.4, 0.5) is 18.9 Å². The number of halogens is 3. The first-order valence-corrected chi connectivity index (χ1v) is 10.4. The molecule has 6 nitrogen and oxygen atoms in total. The van der Waals surface area contributed by atoms with Gasteiger partial charge in [-0.2, -0.15) is 9.78 Å². The van der Waals surface area contributed by atoms with Crippen LogP contribution in [0.15, 0.2) is 61.2 Å². The summed E-state index contributed by atoms with van der Waals surface area (Å²) in [6.45, 7) is 0. The van der Waals surface area contributed by atoms with Gasteiger partial charge >= 0.3 is 6.30 Å². The van der Waals surface area contributed by atoms with Crippen molar-refractivity contribution in [3.05, 3.63) is 66.7 Å². The van der Waals surface area contributed by atoms with Gasteiger partial charge in [-0.3, -0.25) is 4.79 Å². The number of aromatic nitrogens is 4. The van der Waals surface area contributed by atoms with Gasteiger partial charge < -0.3 is 9.88 Å². The van der Waals surface area contributed by atoms with E-state index in [0.717, 1.165) is 41.3 Å². The zero-order valence-electron chi connectivity index (χ0n) is 16.8. The Kier molecular flexibility index (Phi) is 3.99. The number of anilines is 1. The normalized spacial score (nSPS) is 21.2. The number of H-pyrrole nitrogens is 1. The summed E-state index contributed by atoms with van der Waals surface area (Å²) in [6, 6.07) is 13.0. The van der Waals surface area contributed by atoms with Gasteiger partial charge in [0.15, 0.2) is 0 Å². The van der Waals surface area contributed by atoms with Gasteiger partial charge in [0, 0.05) is 17.4 Å². The van der Waals surface area contributed by atoms with Crippen molar-refractivity contribution in [2.75, 3.05) is 4.90 Å². The molecule has 0 bridgehead atoms. The van der Waals surface area contributed by atoms with Gasteiger partial charge in [0.2, 0.25) is 5.91 Å². The smallest absolute Gasteiger partial charge is 0.345 e. The number of aromatic amines is 1. The van der Waals surface area contributed by atoms with E-state index in [-0.39, 0.29) is 22.5 Å². The SMILES string of the molecule is O=C1C(C2CC2)[C@H](c2ccc(-c3cnn(C(F)(F)F)c3)cc2)N1c1ccc2[nH]cnc2c1. The second kappa shape index (κ2) is 6.69. The Balaban J connectivity index is 1.33. The number of amides is 1. The molecule has 0 spiro atoms. The third-order valence-corrected chi connectivity index (χ3v) is 6.38. The molecule has 0 radical (unpaired) electrons. The van der Waals surface area contributed by atoms with Crippen LogP contribution in [0.2, 0.25) is 0 Å². The van der Waals surface area contributed by atoms with Crippen LogP contribution in [0.5, 0.6) is 0 Å². The highest BCUT2D eigenvalue weighted by Crippen LogP contribution is 2.54. The molecule has 32 heavy (non-hydrogen) atoms. The van der Waals surface area contributed by atoms with E-state index in [1.165, 1.54) is 6.20 Å². The molecule has 162 valence electrons. The Morgan fingerprint density at radius 2 is 1.81 bits per heavy atom. The lowest BCUT2D eigenvalue weighted by molar-refractivity contribution is -0.212. The van der Waals surface area contributed by atoms with Gasteiger partial charge in [0.25, 0.3) is 0 Å². The number of carbonyl (C=O) groups is 1. The van der Waals surface area contributed by atoms with Gasteiger partial charge in [0.05, 0.1) is 35.5 Å². The van der Waals surface area contributed by atoms with Crippen LogP contribution >= 0.6 is 0 Å². The van der Waals surface area contributed by atoms with Crippen molar-refractivity contribution in [2.45, 2.75) is 25.2 Å². The summed E-state index contributed by atoms with van der Waals surface area (Å²) in [5, 5.41) is 3.40. The Morgan fingerprint density at radius 3 is 2.50 bits per heavy atom. The number of carbonyl (C=O) groups excluding carboxylic acids is 1. The minimum Gasteiger partial charge on any atom is -0.345 e. The molecule has 2 aromatic heterocycles. The summed E-state index contributed by atoms with van der Waals surface area (Å²) >= 11 is 0. The molecule has 1 aliphatic heterocycles. The molecule has 1 N–H and O–H groups in total. The molecule has 2 aromatic carbocycles. The van der Waals surface area contributed by atoms with E-state index >= 15 is 0 Å². The molecular weight excluding hydrogens is 419 g/mol. The largest absolute Gasteiger partial charge is 0.504 e. The van der Waals surface area contributed by atoms with Crippen molar-refractivity contribution in [2.24, 2.45) is 11.8 Å². The summed E-state index contributed by atoms with van der Waals surface area (Å²) in [5.74, 6) is 0.439. The van der Waals surface area contributed by atoms with E-state index in [4.69, 9.17) is 0 Å². The highest BCUT2D eigenvalue weighted by molar-refractivity contribution is 6.04. The summed E-state index contributed by atoms with van der Waals surface area (Å²) in [5.41, 5.74) is 4.49. The molecule has 2 fully saturated rings. The standard InChI is InChI=1S/C23H18F3N5O/c24-23(25,26)30-11-16(10-29-30)13-1-5-15(6-2-13)21-20(14-3-4-14)22(32)31(21)17-7-8-18-19(9-17)28-12-27-18/h1-2,5-12,14,20-21H,3-4H2,(H,27,28)/t20?,21-/m0/s1. The van der Waals surface area contributed by atoms with Crippen molar-refractivity contribution in [3.63, 3.8) is 0 Å². The maximum Gasteiger partial charge on any atom is 0.504 e. The van der Waals surface area contributed by atoms with Crippen molar-refractivity contribution < 1.29 is 18.0 Å². The summed E-state index contributed by atoms with van der Waals surface area (Å²) in [7, 11) is 0. The summed E-state index contributed by atoms with van der Waals surface area (Å²) in [6.07, 6.45) is 1.35. The third-order valence-electron chi connectivity index (χ3n) is 6.38. The fourth-order valence-corrected chi connectivity index (χ4v) is 4.62. The molecule has 1 unspecified atom stereocenters. The lowest BCUT2D eigenvalue weighted by Crippen LogP contribution is -2.56. The first-order valence-electron chi connectivity index (χ1n) is 10.4. The van der Waals surface area contributed by atoms with Crippen LogP contribution in [-0.2, 0) is 11.1 Å². The van der Waals surface area contributed by atoms with E-state index in [1.807, 2.05) is 35.2 Å². The second-order valence-corrected chi connectivity index (χ2v) is 8.38. The number of hydrogen-bond acceptors (Lipinski definition) is 3. The number of imidazole rings is 1. The van der Waals surface area contributed by atoms with Crippen LogP contribution < -0.4 is 4.90 Å². The molecular formula is C23H18F3N5O. The Bertz CT molecular complexity index is 1320. The molecule has 2 aliphatic rings. The Labute approximate surface area is 180 Å². The first-order chi connectivity index (χ1) is 15.4. The molecule has 3 heterocycles. The van der Waals surface area contributed by atoms with E-state index in [0.29, 0.717) is 17.0 Å². The fraction of sp³-hybridized carbons (Fsp3) is 0.261. The van der Waals surface area contributed by atoms with Crippen LogP contribution in [0.3, 0.4) is 0 Å². The number of β-lactam (4-membered cyclic amide) rings is 1. The molecule has 4 aromatic rings. The zero-order valence-corrected chi connectivity index (χ0v) is 16.8. The molecule has 1 saturated carbocycles. The van der Waals surface area contributed by atoms with Gasteiger partial charge in [-0.1, -0.05) is 24.3 Å². The minimum absolute atomic E-state index is 0.00309. The number of rotatable bonds is 4. The highest BCUT2D eigenvalue weighted by atomic mass is 19.4. The number of nitrogens with zero attached hydrogens (tertiary/aromatic N) is 4. The average Bonchev–Trinajstić information content (AvgIpc) is 3.26. The quantitative estimate of drug-likeness (QED) is 0.456. The predicted molar refractivity (Wildman–Crippen MR) is 111 cm³/mol. The number of fused-ring (bicyclic) bond motifs is 1. The van der Waals surface area contributed by atoms with Gasteiger partial charge in [-0.25, -0.2) is 4.98 Å². The van der Waals surface area contributed by atoms with E-state index in [9.17, 15) is 18.0 Å². The summed E-state index contributed by atoms with van der Waals surface area (Å²) < 4.78 is 38.5. The van der Waals surface area contributed by atoms with Crippen LogP contribution in [0.25, 0.3) is 22.2 Å². The number of nitrogens with one attached hydrogen (secondary N) is 1. The van der Waals surface area contributed by atoms with Gasteiger partial charge in [-0.05, 0) is 48.1 Å². The third kappa shape index (κ3) is 2.99. The van der Waals surface area contributed by atoms with Crippen molar-refractivity contribution in [1.82, 2.24) is 19.7 Å². The van der Waals surface area contributed by atoms with Crippen molar-refractivity contribution in [3.8, 4) is 11.1 Å². The highest BCUT2D eigenvalue weighted by Gasteiger charge is 2.55. The first kappa shape index (κ1) is 19.1. The van der Waals surface area contributed by atoms with E-state index < -0.39 is 6.30 Å². The topological polar surface area (TPSA) is 66.8 Å². The second-order valence-electron chi connectivity index (χ2n) is 8.38. The maximum absolute atomic E-state index is 13.1. The summed E-state index contributed by atoms with van der Waals surface area (Å²) in [4.78, 5) is 22.2. The average molecular weight is 437 g/mol. The number of benzene rings is 2. The molecule has 6 rings (SSSR count). The van der Waals surface area contributed by atoms with E-state index in [2.05, 4.69) is 15.1 Å². The van der Waals surface area contributed by atoms with Crippen molar-refractivity contribution in [1.29, 1.82) is 0 Å². The van der Waals surface area contributed by atoms with Crippen LogP contribution in [-0.4, -0.2) is 25.7 Å². The maximum atomic E-state index is 13.1. The predicted octanol–water partition coefficient (Wildman–Crippen LogP) is 5.02. The van der Waals surface area contributed by atoms with Crippen LogP contribution in [0.1, 0.15) is 24.4 Å². The van der Waals surface area contributed by atoms with Crippen LogP contribution in [0, 0.1) is 11.8 Å². The number of hydrogen-bond donors (Lipinski definition) is 1. The zero-order chi connectivity index (χ0) is 22.0. The Hall–Kier alpha value is -3.62. The molecule has 1 saturated heterocycles. The molecule has 2 atom stereocenters. The van der Waals surface area contributed by atoms with Crippen molar-refractivity contribution >= 4 is 22.6 Å². The van der Waals surface area contributed by atoms with Gasteiger partial charge in [-0.15, -0.1) is 13.2 Å². The molecule has 1 aliphatic carbocycles. The molecule has 9 heteroatoms. The monoisotopic (exact) mass is 437 g/mol. The lowest BCUT2D eigenvalue weighted by atomic mass is 9.78. The Morgan fingerprint density at radius 1 is 1.03 bits per heavy atom. The lowest BCUT2D eigenvalue weighted by Gasteiger charge is -2.48.